The SMILES string of the molecule is Cc1cc(C)n(Cc2ccc([N+](=O)[O-])cc2)c(=O)c1C#N. The largest absolute Gasteiger partial charge is 0.307 e. The Bertz CT molecular complexity index is 799. The molecule has 0 bridgehead atoms. The zero-order valence-electron chi connectivity index (χ0n) is 11.7. The number of nitrogens with zero attached hydrogens (tertiary/aromatic N) is 3. The Labute approximate surface area is 121 Å². The second kappa shape index (κ2) is 5.59. The number of aromatic nitrogens is 1. The van der Waals surface area contributed by atoms with Gasteiger partial charge in [0.25, 0.3) is 11.2 Å². The van der Waals surface area contributed by atoms with Gasteiger partial charge >= 0.3 is 0 Å². The lowest BCUT2D eigenvalue weighted by Gasteiger charge is -2.11. The summed E-state index contributed by atoms with van der Waals surface area (Å²) >= 11 is 0. The highest BCUT2D eigenvalue weighted by Gasteiger charge is 2.11. The lowest BCUT2D eigenvalue weighted by molar-refractivity contribution is -0.384. The van der Waals surface area contributed by atoms with Gasteiger partial charge in [0.1, 0.15) is 11.6 Å². The summed E-state index contributed by atoms with van der Waals surface area (Å²) in [5, 5.41) is 19.7. The van der Waals surface area contributed by atoms with Gasteiger partial charge in [-0.05, 0) is 31.0 Å². The Morgan fingerprint density at radius 2 is 1.90 bits per heavy atom. The average molecular weight is 283 g/mol. The van der Waals surface area contributed by atoms with E-state index in [-0.39, 0.29) is 23.4 Å². The summed E-state index contributed by atoms with van der Waals surface area (Å²) in [6.07, 6.45) is 0. The van der Waals surface area contributed by atoms with Crippen LogP contribution in [0.15, 0.2) is 35.1 Å². The number of benzene rings is 1. The summed E-state index contributed by atoms with van der Waals surface area (Å²) < 4.78 is 1.49. The fourth-order valence-corrected chi connectivity index (χ4v) is 2.17. The number of hydrogen-bond donors (Lipinski definition) is 0. The van der Waals surface area contributed by atoms with Crippen molar-refractivity contribution in [2.45, 2.75) is 20.4 Å². The molecule has 2 rings (SSSR count). The molecule has 21 heavy (non-hydrogen) atoms. The maximum absolute atomic E-state index is 12.3. The molecule has 6 heteroatoms. The van der Waals surface area contributed by atoms with Crippen LogP contribution in [0.3, 0.4) is 0 Å². The van der Waals surface area contributed by atoms with Gasteiger partial charge in [0.05, 0.1) is 11.5 Å². The van der Waals surface area contributed by atoms with Gasteiger partial charge in [-0.25, -0.2) is 0 Å². The monoisotopic (exact) mass is 283 g/mol. The summed E-state index contributed by atoms with van der Waals surface area (Å²) in [6.45, 7) is 3.79. The van der Waals surface area contributed by atoms with E-state index in [1.807, 2.05) is 6.07 Å². The van der Waals surface area contributed by atoms with Crippen LogP contribution < -0.4 is 5.56 Å². The van der Waals surface area contributed by atoms with E-state index < -0.39 is 4.92 Å². The van der Waals surface area contributed by atoms with Crippen LogP contribution in [0.5, 0.6) is 0 Å². The van der Waals surface area contributed by atoms with Crippen molar-refractivity contribution in [2.75, 3.05) is 0 Å². The second-order valence-corrected chi connectivity index (χ2v) is 4.77. The highest BCUT2D eigenvalue weighted by atomic mass is 16.6. The summed E-state index contributed by atoms with van der Waals surface area (Å²) in [6, 6.07) is 9.71. The number of rotatable bonds is 3. The third-order valence-electron chi connectivity index (χ3n) is 3.30. The summed E-state index contributed by atoms with van der Waals surface area (Å²) in [7, 11) is 0. The molecule has 1 heterocycles. The minimum absolute atomic E-state index is 0.00411. The Balaban J connectivity index is 2.43. The van der Waals surface area contributed by atoms with Crippen molar-refractivity contribution in [3.63, 3.8) is 0 Å². The number of aryl methyl sites for hydroxylation is 2. The number of pyridine rings is 1. The van der Waals surface area contributed by atoms with Crippen LogP contribution in [0.4, 0.5) is 5.69 Å². The van der Waals surface area contributed by atoms with Crippen molar-refractivity contribution in [3.8, 4) is 6.07 Å². The maximum Gasteiger partial charge on any atom is 0.269 e. The number of nitro benzene ring substituents is 1. The number of nitriles is 1. The summed E-state index contributed by atoms with van der Waals surface area (Å²) in [5.41, 5.74) is 1.95. The quantitative estimate of drug-likeness (QED) is 0.638. The minimum atomic E-state index is -0.471. The molecule has 0 saturated heterocycles. The average Bonchev–Trinajstić information content (AvgIpc) is 2.44. The van der Waals surface area contributed by atoms with Gasteiger partial charge in [-0.1, -0.05) is 12.1 Å². The van der Waals surface area contributed by atoms with E-state index in [4.69, 9.17) is 5.26 Å². The lowest BCUT2D eigenvalue weighted by Crippen LogP contribution is -2.26. The van der Waals surface area contributed by atoms with Crippen molar-refractivity contribution < 1.29 is 4.92 Å². The smallest absolute Gasteiger partial charge is 0.269 e. The van der Waals surface area contributed by atoms with Crippen LogP contribution in [0.2, 0.25) is 0 Å². The molecule has 6 nitrogen and oxygen atoms in total. The first-order valence-electron chi connectivity index (χ1n) is 6.28. The molecule has 0 spiro atoms. The molecule has 1 aromatic heterocycles. The van der Waals surface area contributed by atoms with E-state index in [1.54, 1.807) is 32.0 Å². The molecule has 0 unspecified atom stereocenters. The predicted octanol–water partition coefficient (Wildman–Crippen LogP) is 2.29. The summed E-state index contributed by atoms with van der Waals surface area (Å²) in [4.78, 5) is 22.4. The molecule has 0 radical (unpaired) electrons. The Morgan fingerprint density at radius 1 is 1.29 bits per heavy atom. The zero-order valence-corrected chi connectivity index (χ0v) is 11.7. The molecule has 2 aromatic rings. The Kier molecular flexibility index (Phi) is 3.85. The fourth-order valence-electron chi connectivity index (χ4n) is 2.17. The third kappa shape index (κ3) is 2.82. The maximum atomic E-state index is 12.3. The van der Waals surface area contributed by atoms with Crippen LogP contribution in [0.25, 0.3) is 0 Å². The highest BCUT2D eigenvalue weighted by molar-refractivity contribution is 5.37. The third-order valence-corrected chi connectivity index (χ3v) is 3.30. The molecule has 0 atom stereocenters. The zero-order chi connectivity index (χ0) is 15.6. The molecule has 0 fully saturated rings. The van der Waals surface area contributed by atoms with Crippen LogP contribution in [0.1, 0.15) is 22.4 Å². The van der Waals surface area contributed by atoms with E-state index in [0.717, 1.165) is 11.3 Å². The van der Waals surface area contributed by atoms with Crippen molar-refractivity contribution >= 4 is 5.69 Å². The van der Waals surface area contributed by atoms with E-state index in [2.05, 4.69) is 0 Å². The fraction of sp³-hybridized carbons (Fsp3) is 0.200. The lowest BCUT2D eigenvalue weighted by atomic mass is 10.1. The van der Waals surface area contributed by atoms with Gasteiger partial charge in [0, 0.05) is 17.8 Å². The van der Waals surface area contributed by atoms with Crippen LogP contribution in [-0.2, 0) is 6.54 Å². The molecule has 0 N–H and O–H groups in total. The number of non-ortho nitro benzene ring substituents is 1. The first kappa shape index (κ1) is 14.5. The molecule has 0 aliphatic rings. The van der Waals surface area contributed by atoms with Gasteiger partial charge < -0.3 is 4.57 Å². The minimum Gasteiger partial charge on any atom is -0.307 e. The van der Waals surface area contributed by atoms with Gasteiger partial charge in [-0.3, -0.25) is 14.9 Å². The molecule has 0 aliphatic heterocycles. The molecule has 1 aromatic carbocycles. The molecule has 106 valence electrons. The van der Waals surface area contributed by atoms with Crippen LogP contribution in [0, 0.1) is 35.3 Å². The first-order chi connectivity index (χ1) is 9.93. The molecule has 0 amide bonds. The van der Waals surface area contributed by atoms with E-state index >= 15 is 0 Å². The highest BCUT2D eigenvalue weighted by Crippen LogP contribution is 2.13. The molecular formula is C15H13N3O3. The topological polar surface area (TPSA) is 88.9 Å². The Morgan fingerprint density at radius 3 is 2.43 bits per heavy atom. The molecular weight excluding hydrogens is 270 g/mol. The number of nitro groups is 1. The predicted molar refractivity (Wildman–Crippen MR) is 77.1 cm³/mol. The van der Waals surface area contributed by atoms with E-state index in [9.17, 15) is 14.9 Å². The van der Waals surface area contributed by atoms with Gasteiger partial charge in [-0.15, -0.1) is 0 Å². The molecule has 0 aliphatic carbocycles. The van der Waals surface area contributed by atoms with Crippen molar-refractivity contribution in [1.82, 2.24) is 4.57 Å². The second-order valence-electron chi connectivity index (χ2n) is 4.77. The van der Waals surface area contributed by atoms with E-state index in [0.29, 0.717) is 5.56 Å². The summed E-state index contributed by atoms with van der Waals surface area (Å²) in [5.74, 6) is 0. The van der Waals surface area contributed by atoms with Gasteiger partial charge in [0.15, 0.2) is 0 Å². The number of hydrogen-bond acceptors (Lipinski definition) is 4. The van der Waals surface area contributed by atoms with Crippen LogP contribution >= 0.6 is 0 Å². The standard InChI is InChI=1S/C15H13N3O3/c1-10-7-11(2)17(15(19)14(10)8-16)9-12-3-5-13(6-4-12)18(20)21/h3-7H,9H2,1-2H3. The van der Waals surface area contributed by atoms with Crippen molar-refractivity contribution in [2.24, 2.45) is 0 Å². The normalized spacial score (nSPS) is 10.1. The van der Waals surface area contributed by atoms with Crippen molar-refractivity contribution in [3.05, 3.63) is 73.2 Å². The van der Waals surface area contributed by atoms with Gasteiger partial charge in [-0.2, -0.15) is 5.26 Å². The van der Waals surface area contributed by atoms with Crippen LogP contribution in [-0.4, -0.2) is 9.49 Å². The first-order valence-corrected chi connectivity index (χ1v) is 6.28. The van der Waals surface area contributed by atoms with Crippen molar-refractivity contribution in [1.29, 1.82) is 5.26 Å². The molecule has 0 saturated carbocycles. The van der Waals surface area contributed by atoms with E-state index in [1.165, 1.54) is 16.7 Å². The van der Waals surface area contributed by atoms with Gasteiger partial charge in [0.2, 0.25) is 0 Å². The Hall–Kier alpha value is -2.94.